The van der Waals surface area contributed by atoms with Crippen LogP contribution in [0.1, 0.15) is 27.9 Å². The maximum Gasteiger partial charge on any atom is 0.255 e. The number of nitriles is 1. The van der Waals surface area contributed by atoms with E-state index in [0.717, 1.165) is 18.5 Å². The Hall–Kier alpha value is -4.33. The topological polar surface area (TPSA) is 136 Å². The maximum absolute atomic E-state index is 13.6. The van der Waals surface area contributed by atoms with E-state index in [1.807, 2.05) is 17.0 Å². The monoisotopic (exact) mass is 529 g/mol. The van der Waals surface area contributed by atoms with Crippen molar-refractivity contribution >= 4 is 17.6 Å². The van der Waals surface area contributed by atoms with Crippen molar-refractivity contribution in [3.63, 3.8) is 0 Å². The number of anilines is 1. The number of carbonyl (C=O) groups excluding carboxylic acids is 2. The van der Waals surface area contributed by atoms with Gasteiger partial charge < -0.3 is 21.7 Å². The smallest absolute Gasteiger partial charge is 0.255 e. The molecule has 0 bridgehead atoms. The van der Waals surface area contributed by atoms with E-state index in [9.17, 15) is 19.2 Å². The van der Waals surface area contributed by atoms with Gasteiger partial charge >= 0.3 is 0 Å². The number of amides is 2. The standard InChI is InChI=1S/C29H32FN7O2/c30-22-7-3-5-20(15-22)11-13-33-28-25(9-10-26(36-28)24-8-2-1-6-21(24)16-32)29(39)34-17-23-18-37(14-4-12-31)19-27(38)35-23/h1-3,5-10,15,23H,4,11-14,17-19,31H2,(H,33,36)(H,34,39)(H,35,38)/t23-/m0/s1. The van der Waals surface area contributed by atoms with Gasteiger partial charge in [-0.15, -0.1) is 0 Å². The van der Waals surface area contributed by atoms with E-state index in [-0.39, 0.29) is 30.2 Å². The van der Waals surface area contributed by atoms with Crippen LogP contribution in [0.3, 0.4) is 0 Å². The predicted octanol–water partition coefficient (Wildman–Crippen LogP) is 2.29. The van der Waals surface area contributed by atoms with Crippen LogP contribution in [0.5, 0.6) is 0 Å². The Morgan fingerprint density at radius 2 is 2.05 bits per heavy atom. The van der Waals surface area contributed by atoms with Crippen LogP contribution in [0.4, 0.5) is 10.2 Å². The Morgan fingerprint density at radius 1 is 1.21 bits per heavy atom. The van der Waals surface area contributed by atoms with Crippen LogP contribution in [-0.2, 0) is 11.2 Å². The summed E-state index contributed by atoms with van der Waals surface area (Å²) < 4.78 is 13.6. The van der Waals surface area contributed by atoms with Gasteiger partial charge in [0.25, 0.3) is 5.91 Å². The van der Waals surface area contributed by atoms with Gasteiger partial charge in [0.05, 0.1) is 35.5 Å². The van der Waals surface area contributed by atoms with E-state index in [2.05, 4.69) is 27.0 Å². The minimum atomic E-state index is -0.343. The van der Waals surface area contributed by atoms with Crippen molar-refractivity contribution in [2.75, 3.05) is 44.6 Å². The molecule has 0 aliphatic carbocycles. The molecule has 0 unspecified atom stereocenters. The first kappa shape index (κ1) is 27.7. The van der Waals surface area contributed by atoms with Gasteiger partial charge in [-0.2, -0.15) is 5.26 Å². The largest absolute Gasteiger partial charge is 0.369 e. The summed E-state index contributed by atoms with van der Waals surface area (Å²) in [5.41, 5.74) is 8.42. The molecule has 1 aliphatic heterocycles. The van der Waals surface area contributed by atoms with Crippen molar-refractivity contribution in [1.82, 2.24) is 20.5 Å². The Bertz CT molecular complexity index is 1360. The molecule has 9 nitrogen and oxygen atoms in total. The minimum Gasteiger partial charge on any atom is -0.369 e. The fraction of sp³-hybridized carbons (Fsp3) is 0.310. The molecule has 1 aromatic heterocycles. The van der Waals surface area contributed by atoms with Gasteiger partial charge in [-0.3, -0.25) is 14.5 Å². The molecular weight excluding hydrogens is 497 g/mol. The predicted molar refractivity (Wildman–Crippen MR) is 147 cm³/mol. The molecule has 10 heteroatoms. The number of piperazine rings is 1. The number of carbonyl (C=O) groups is 2. The van der Waals surface area contributed by atoms with E-state index in [0.29, 0.717) is 60.8 Å². The van der Waals surface area contributed by atoms with Crippen molar-refractivity contribution in [2.24, 2.45) is 5.73 Å². The molecular formula is C29H32FN7O2. The van der Waals surface area contributed by atoms with Crippen LogP contribution in [0.15, 0.2) is 60.7 Å². The molecule has 0 radical (unpaired) electrons. The van der Waals surface area contributed by atoms with Crippen LogP contribution in [0, 0.1) is 17.1 Å². The van der Waals surface area contributed by atoms with Gasteiger partial charge in [-0.1, -0.05) is 30.3 Å². The number of nitrogens with one attached hydrogen (secondary N) is 3. The SMILES string of the molecule is N#Cc1ccccc1-c1ccc(C(=O)NC[C@H]2CN(CCCN)CC(=O)N2)c(NCCc2cccc(F)c2)n1. The normalized spacial score (nSPS) is 15.3. The van der Waals surface area contributed by atoms with Crippen LogP contribution < -0.4 is 21.7 Å². The second-order valence-electron chi connectivity index (χ2n) is 9.41. The van der Waals surface area contributed by atoms with Crippen molar-refractivity contribution in [3.05, 3.63) is 83.2 Å². The second-order valence-corrected chi connectivity index (χ2v) is 9.41. The Balaban J connectivity index is 1.50. The van der Waals surface area contributed by atoms with Gasteiger partial charge in [-0.05, 0) is 61.8 Å². The van der Waals surface area contributed by atoms with E-state index in [1.165, 1.54) is 12.1 Å². The summed E-state index contributed by atoms with van der Waals surface area (Å²) in [4.78, 5) is 32.1. The molecule has 39 heavy (non-hydrogen) atoms. The Morgan fingerprint density at radius 3 is 2.85 bits per heavy atom. The minimum absolute atomic E-state index is 0.0839. The van der Waals surface area contributed by atoms with Crippen LogP contribution in [0.2, 0.25) is 0 Å². The number of rotatable bonds is 11. The molecule has 4 rings (SSSR count). The molecule has 1 atom stereocenters. The number of hydrogen-bond acceptors (Lipinski definition) is 7. The summed E-state index contributed by atoms with van der Waals surface area (Å²) in [5, 5.41) is 18.6. The molecule has 0 saturated carbocycles. The molecule has 2 heterocycles. The average molecular weight is 530 g/mol. The van der Waals surface area contributed by atoms with Crippen LogP contribution in [0.25, 0.3) is 11.3 Å². The third-order valence-electron chi connectivity index (χ3n) is 6.46. The van der Waals surface area contributed by atoms with Crippen LogP contribution in [-0.4, -0.2) is 67.0 Å². The zero-order valence-electron chi connectivity index (χ0n) is 21.6. The highest BCUT2D eigenvalue weighted by molar-refractivity contribution is 5.99. The highest BCUT2D eigenvalue weighted by Gasteiger charge is 2.25. The summed E-state index contributed by atoms with van der Waals surface area (Å²) in [6, 6.07) is 18.8. The summed E-state index contributed by atoms with van der Waals surface area (Å²) >= 11 is 0. The highest BCUT2D eigenvalue weighted by Crippen LogP contribution is 2.25. The summed E-state index contributed by atoms with van der Waals surface area (Å²) in [6.45, 7) is 2.88. The fourth-order valence-electron chi connectivity index (χ4n) is 4.56. The zero-order valence-corrected chi connectivity index (χ0v) is 21.6. The first-order valence-corrected chi connectivity index (χ1v) is 13.0. The molecule has 1 saturated heterocycles. The van der Waals surface area contributed by atoms with E-state index < -0.39 is 0 Å². The lowest BCUT2D eigenvalue weighted by molar-refractivity contribution is -0.125. The van der Waals surface area contributed by atoms with Crippen molar-refractivity contribution in [1.29, 1.82) is 5.26 Å². The maximum atomic E-state index is 13.6. The third-order valence-corrected chi connectivity index (χ3v) is 6.46. The number of hydrogen-bond donors (Lipinski definition) is 4. The third kappa shape index (κ3) is 7.60. The average Bonchev–Trinajstić information content (AvgIpc) is 2.94. The summed E-state index contributed by atoms with van der Waals surface area (Å²) in [6.07, 6.45) is 1.32. The number of aromatic nitrogens is 1. The Labute approximate surface area is 227 Å². The Kier molecular flexibility index (Phi) is 9.56. The molecule has 202 valence electrons. The fourth-order valence-corrected chi connectivity index (χ4v) is 4.56. The summed E-state index contributed by atoms with van der Waals surface area (Å²) in [5.74, 6) is -0.382. The lowest BCUT2D eigenvalue weighted by atomic mass is 10.0. The van der Waals surface area contributed by atoms with Crippen molar-refractivity contribution in [2.45, 2.75) is 18.9 Å². The lowest BCUT2D eigenvalue weighted by Gasteiger charge is -2.33. The van der Waals surface area contributed by atoms with Crippen molar-refractivity contribution < 1.29 is 14.0 Å². The number of nitrogens with zero attached hydrogens (tertiary/aromatic N) is 3. The first-order valence-electron chi connectivity index (χ1n) is 13.0. The quantitative estimate of drug-likeness (QED) is 0.299. The van der Waals surface area contributed by atoms with E-state index in [4.69, 9.17) is 5.73 Å². The van der Waals surface area contributed by atoms with Gasteiger partial charge in [0.1, 0.15) is 11.6 Å². The summed E-state index contributed by atoms with van der Waals surface area (Å²) in [7, 11) is 0. The van der Waals surface area contributed by atoms with Crippen molar-refractivity contribution in [3.8, 4) is 17.3 Å². The van der Waals surface area contributed by atoms with Gasteiger partial charge in [-0.25, -0.2) is 9.37 Å². The molecule has 0 spiro atoms. The van der Waals surface area contributed by atoms with Gasteiger partial charge in [0.15, 0.2) is 0 Å². The van der Waals surface area contributed by atoms with Gasteiger partial charge in [0.2, 0.25) is 5.91 Å². The number of pyridine rings is 1. The molecule has 2 aromatic carbocycles. The molecule has 2 amide bonds. The van der Waals surface area contributed by atoms with Crippen LogP contribution >= 0.6 is 0 Å². The van der Waals surface area contributed by atoms with E-state index in [1.54, 1.807) is 36.4 Å². The molecule has 3 aromatic rings. The number of nitrogens with two attached hydrogens (primary N) is 1. The van der Waals surface area contributed by atoms with Gasteiger partial charge in [0, 0.05) is 25.2 Å². The first-order chi connectivity index (χ1) is 19.0. The molecule has 1 fully saturated rings. The molecule has 1 aliphatic rings. The molecule has 5 N–H and O–H groups in total. The second kappa shape index (κ2) is 13.5. The van der Waals surface area contributed by atoms with E-state index >= 15 is 0 Å². The number of benzene rings is 2. The zero-order chi connectivity index (χ0) is 27.6. The highest BCUT2D eigenvalue weighted by atomic mass is 19.1. The lowest BCUT2D eigenvalue weighted by Crippen LogP contribution is -2.57. The number of halogens is 1.